The maximum atomic E-state index is 12.1. The molecule has 0 amide bonds. The normalized spacial score (nSPS) is 13.8. The Kier molecular flexibility index (Phi) is 10.8. The Morgan fingerprint density at radius 2 is 1.52 bits per heavy atom. The molecule has 1 saturated carbocycles. The summed E-state index contributed by atoms with van der Waals surface area (Å²) in [6.07, 6.45) is 0.526. The average Bonchev–Trinajstić information content (AvgIpc) is 3.46. The molecule has 0 spiro atoms. The number of aromatic nitrogens is 2. The summed E-state index contributed by atoms with van der Waals surface area (Å²) in [6, 6.07) is 25.0. The standard InChI is InChI=1S/C33H30ClN3O5S.C2HF3O2/c34-25-11-6-21(7-12-25)29-16-15-28(43(35,40)41)18-24(29)20-42-27-13-8-22(9-14-27)32-36-30-19-23(33(38)39)10-17-31(30)37(32)26-4-2-1-3-5-26;3-2(4,5)1(6)7/h6-19,26H,1-5,20H2,(H,38,39)(H2,35,40,41);(H,6,7). The van der Waals surface area contributed by atoms with E-state index in [-0.39, 0.29) is 23.1 Å². The van der Waals surface area contributed by atoms with Gasteiger partial charge in [-0.05, 0) is 96.3 Å². The van der Waals surface area contributed by atoms with Gasteiger partial charge in [-0.3, -0.25) is 0 Å². The van der Waals surface area contributed by atoms with Gasteiger partial charge in [0.1, 0.15) is 18.2 Å². The summed E-state index contributed by atoms with van der Waals surface area (Å²) >= 11 is 6.07. The third-order valence-corrected chi connectivity index (χ3v) is 9.35. The minimum Gasteiger partial charge on any atom is -0.489 e. The smallest absolute Gasteiger partial charge is 0.489 e. The molecule has 0 unspecified atom stereocenters. The number of nitrogens with zero attached hydrogens (tertiary/aromatic N) is 2. The number of carbonyl (C=O) groups is 2. The number of imidazole rings is 1. The van der Waals surface area contributed by atoms with E-state index in [1.165, 1.54) is 18.6 Å². The molecule has 1 heterocycles. The van der Waals surface area contributed by atoms with E-state index in [9.17, 15) is 31.5 Å². The first-order valence-corrected chi connectivity index (χ1v) is 17.2. The minimum absolute atomic E-state index is 0.00633. The van der Waals surface area contributed by atoms with Crippen LogP contribution in [0.4, 0.5) is 13.2 Å². The number of hydrogen-bond acceptors (Lipinski definition) is 6. The number of hydrogen-bond donors (Lipinski definition) is 3. The van der Waals surface area contributed by atoms with Gasteiger partial charge in [0.25, 0.3) is 0 Å². The number of fused-ring (bicyclic) bond motifs is 1. The largest absolute Gasteiger partial charge is 0.490 e. The number of carboxylic acid groups (broad SMARTS) is 2. The number of alkyl halides is 3. The Bertz CT molecular complexity index is 2130. The Morgan fingerprint density at radius 3 is 2.10 bits per heavy atom. The highest BCUT2D eigenvalue weighted by Crippen LogP contribution is 2.37. The highest BCUT2D eigenvalue weighted by atomic mass is 35.5. The predicted octanol–water partition coefficient (Wildman–Crippen LogP) is 8.09. The lowest BCUT2D eigenvalue weighted by atomic mass is 9.95. The van der Waals surface area contributed by atoms with Gasteiger partial charge in [0.2, 0.25) is 10.0 Å². The summed E-state index contributed by atoms with van der Waals surface area (Å²) in [6.45, 7) is 0.110. The molecule has 262 valence electrons. The molecule has 10 nitrogen and oxygen atoms in total. The molecule has 6 rings (SSSR count). The van der Waals surface area contributed by atoms with Crippen molar-refractivity contribution in [3.8, 4) is 28.3 Å². The van der Waals surface area contributed by atoms with E-state index >= 15 is 0 Å². The molecule has 1 aromatic heterocycles. The van der Waals surface area contributed by atoms with Crippen LogP contribution in [0.3, 0.4) is 0 Å². The molecule has 0 saturated heterocycles. The van der Waals surface area contributed by atoms with Gasteiger partial charge < -0.3 is 19.5 Å². The summed E-state index contributed by atoms with van der Waals surface area (Å²) in [5.41, 5.74) is 5.02. The van der Waals surface area contributed by atoms with E-state index in [2.05, 4.69) is 4.57 Å². The number of aliphatic carboxylic acids is 1. The van der Waals surface area contributed by atoms with Crippen LogP contribution in [0.2, 0.25) is 5.02 Å². The van der Waals surface area contributed by atoms with E-state index < -0.39 is 28.1 Å². The zero-order valence-corrected chi connectivity index (χ0v) is 27.8. The molecule has 4 aromatic carbocycles. The van der Waals surface area contributed by atoms with Crippen molar-refractivity contribution in [1.82, 2.24) is 9.55 Å². The number of nitrogens with two attached hydrogens (primary N) is 1. The van der Waals surface area contributed by atoms with Crippen LogP contribution in [0.1, 0.15) is 54.1 Å². The van der Waals surface area contributed by atoms with Gasteiger partial charge in [0, 0.05) is 16.6 Å². The molecule has 1 aliphatic carbocycles. The number of primary sulfonamides is 1. The van der Waals surface area contributed by atoms with Crippen molar-refractivity contribution < 1.29 is 46.1 Å². The fourth-order valence-corrected chi connectivity index (χ4v) is 6.47. The van der Waals surface area contributed by atoms with E-state index in [1.54, 1.807) is 30.3 Å². The molecule has 0 aliphatic heterocycles. The maximum absolute atomic E-state index is 12.1. The first-order valence-electron chi connectivity index (χ1n) is 15.3. The van der Waals surface area contributed by atoms with Gasteiger partial charge >= 0.3 is 18.1 Å². The predicted molar refractivity (Wildman–Crippen MR) is 181 cm³/mol. The maximum Gasteiger partial charge on any atom is 0.490 e. The van der Waals surface area contributed by atoms with Crippen LogP contribution < -0.4 is 9.88 Å². The van der Waals surface area contributed by atoms with E-state index in [4.69, 9.17) is 36.4 Å². The van der Waals surface area contributed by atoms with Gasteiger partial charge in [-0.15, -0.1) is 0 Å². The van der Waals surface area contributed by atoms with Crippen molar-refractivity contribution in [2.45, 2.75) is 55.8 Å². The van der Waals surface area contributed by atoms with Crippen molar-refractivity contribution in [3.63, 3.8) is 0 Å². The number of ether oxygens (including phenoxy) is 1. The van der Waals surface area contributed by atoms with E-state index in [1.807, 2.05) is 42.5 Å². The van der Waals surface area contributed by atoms with Crippen molar-refractivity contribution in [1.29, 1.82) is 0 Å². The zero-order chi connectivity index (χ0) is 36.2. The lowest BCUT2D eigenvalue weighted by molar-refractivity contribution is -0.192. The van der Waals surface area contributed by atoms with Gasteiger partial charge in [-0.25, -0.2) is 28.1 Å². The summed E-state index contributed by atoms with van der Waals surface area (Å²) in [5.74, 6) is -2.35. The summed E-state index contributed by atoms with van der Waals surface area (Å²) < 4.78 is 64.3. The number of carboxylic acids is 2. The average molecular weight is 730 g/mol. The fraction of sp³-hybridized carbons (Fsp3) is 0.229. The van der Waals surface area contributed by atoms with Gasteiger partial charge in [-0.2, -0.15) is 13.2 Å². The van der Waals surface area contributed by atoms with Crippen LogP contribution in [0.25, 0.3) is 33.5 Å². The summed E-state index contributed by atoms with van der Waals surface area (Å²) in [7, 11) is -3.90. The summed E-state index contributed by atoms with van der Waals surface area (Å²) in [5, 5.41) is 22.6. The number of aromatic carboxylic acids is 1. The Hall–Kier alpha value is -4.92. The molecular weight excluding hydrogens is 699 g/mol. The highest BCUT2D eigenvalue weighted by Gasteiger charge is 2.38. The molecule has 0 atom stereocenters. The summed E-state index contributed by atoms with van der Waals surface area (Å²) in [4.78, 5) is 25.4. The highest BCUT2D eigenvalue weighted by molar-refractivity contribution is 7.89. The fourth-order valence-electron chi connectivity index (χ4n) is 5.78. The second-order valence-electron chi connectivity index (χ2n) is 11.6. The number of benzene rings is 4. The van der Waals surface area contributed by atoms with Crippen LogP contribution in [0.15, 0.2) is 89.8 Å². The molecule has 4 N–H and O–H groups in total. The van der Waals surface area contributed by atoms with Crippen molar-refractivity contribution in [2.75, 3.05) is 0 Å². The Morgan fingerprint density at radius 1 is 0.900 bits per heavy atom. The molecule has 50 heavy (non-hydrogen) atoms. The second-order valence-corrected chi connectivity index (χ2v) is 13.6. The van der Waals surface area contributed by atoms with Gasteiger partial charge in [-0.1, -0.05) is 49.1 Å². The van der Waals surface area contributed by atoms with Crippen molar-refractivity contribution in [2.24, 2.45) is 5.14 Å². The number of sulfonamides is 1. The molecule has 1 fully saturated rings. The first-order chi connectivity index (χ1) is 23.6. The molecule has 15 heteroatoms. The van der Waals surface area contributed by atoms with Crippen molar-refractivity contribution in [3.05, 3.63) is 101 Å². The Labute approximate surface area is 289 Å². The topological polar surface area (TPSA) is 162 Å². The number of halogens is 4. The Balaban J connectivity index is 0.000000630. The number of rotatable bonds is 8. The van der Waals surface area contributed by atoms with E-state index in [0.29, 0.717) is 21.9 Å². The monoisotopic (exact) mass is 729 g/mol. The third kappa shape index (κ3) is 8.62. The molecule has 0 radical (unpaired) electrons. The van der Waals surface area contributed by atoms with Crippen LogP contribution in [-0.4, -0.2) is 46.3 Å². The first kappa shape index (κ1) is 36.4. The van der Waals surface area contributed by atoms with Crippen LogP contribution in [0, 0.1) is 0 Å². The molecular formula is C35H31ClF3N3O7S. The second kappa shape index (κ2) is 14.9. The molecule has 5 aromatic rings. The lowest BCUT2D eigenvalue weighted by Gasteiger charge is -2.25. The molecule has 1 aliphatic rings. The van der Waals surface area contributed by atoms with Crippen LogP contribution in [0.5, 0.6) is 5.75 Å². The third-order valence-electron chi connectivity index (χ3n) is 8.19. The lowest BCUT2D eigenvalue weighted by Crippen LogP contribution is -2.21. The zero-order valence-electron chi connectivity index (χ0n) is 26.2. The quantitative estimate of drug-likeness (QED) is 0.144. The SMILES string of the molecule is NS(=O)(=O)c1ccc(-c2ccc(Cl)cc2)c(COc2ccc(-c3nc4cc(C(=O)O)ccc4n3C3CCCCC3)cc2)c1.O=C(O)C(F)(F)F. The van der Waals surface area contributed by atoms with Crippen molar-refractivity contribution >= 4 is 44.6 Å². The van der Waals surface area contributed by atoms with Gasteiger partial charge in [0.05, 0.1) is 21.5 Å². The van der Waals surface area contributed by atoms with Gasteiger partial charge in [0.15, 0.2) is 0 Å². The van der Waals surface area contributed by atoms with Crippen LogP contribution >= 0.6 is 11.6 Å². The van der Waals surface area contributed by atoms with E-state index in [0.717, 1.165) is 53.7 Å². The van der Waals surface area contributed by atoms with Crippen LogP contribution in [-0.2, 0) is 21.4 Å². The minimum atomic E-state index is -5.08. The molecule has 0 bridgehead atoms.